The van der Waals surface area contributed by atoms with Crippen molar-refractivity contribution in [1.82, 2.24) is 10.6 Å². The van der Waals surface area contributed by atoms with Crippen LogP contribution in [-0.2, 0) is 22.0 Å². The van der Waals surface area contributed by atoms with Gasteiger partial charge < -0.3 is 10.6 Å². The molecule has 0 aliphatic carbocycles. The highest BCUT2D eigenvalue weighted by molar-refractivity contribution is 7.89. The Bertz CT molecular complexity index is 862. The topological polar surface area (TPSA) is 96.6 Å². The van der Waals surface area contributed by atoms with Gasteiger partial charge >= 0.3 is 0 Å². The first-order valence-electron chi connectivity index (χ1n) is 8.34. The summed E-state index contributed by atoms with van der Waals surface area (Å²) >= 11 is 0. The Morgan fingerprint density at radius 2 is 1.77 bits per heavy atom. The number of nitrogens with zero attached hydrogens (tertiary/aromatic N) is 1. The lowest BCUT2D eigenvalue weighted by Gasteiger charge is -2.26. The maximum absolute atomic E-state index is 11.4. The normalized spacial score (nSPS) is 12.7. The summed E-state index contributed by atoms with van der Waals surface area (Å²) in [5.41, 5.74) is 1.98. The Labute approximate surface area is 155 Å². The Hall–Kier alpha value is -2.38. The number of rotatable bonds is 6. The monoisotopic (exact) mass is 374 g/mol. The van der Waals surface area contributed by atoms with Gasteiger partial charge in [0.25, 0.3) is 0 Å². The van der Waals surface area contributed by atoms with Crippen LogP contribution >= 0.6 is 0 Å². The lowest BCUT2D eigenvalue weighted by Crippen LogP contribution is -2.43. The summed E-state index contributed by atoms with van der Waals surface area (Å²) in [6, 6.07) is 16.8. The van der Waals surface area contributed by atoms with Crippen LogP contribution in [0.4, 0.5) is 0 Å². The van der Waals surface area contributed by atoms with Crippen molar-refractivity contribution in [3.8, 4) is 0 Å². The molecule has 0 saturated carbocycles. The van der Waals surface area contributed by atoms with E-state index >= 15 is 0 Å². The zero-order valence-electron chi connectivity index (χ0n) is 15.4. The van der Waals surface area contributed by atoms with E-state index in [1.165, 1.54) is 11.6 Å². The minimum absolute atomic E-state index is 0.0631. The summed E-state index contributed by atoms with van der Waals surface area (Å²) in [5.74, 6) is 0.648. The highest BCUT2D eigenvalue weighted by Crippen LogP contribution is 2.21. The molecule has 0 aromatic heterocycles. The number of nitrogens with two attached hydrogens (primary N) is 1. The summed E-state index contributed by atoms with van der Waals surface area (Å²) in [5, 5.41) is 11.7. The van der Waals surface area contributed by atoms with Gasteiger partial charge in [-0.25, -0.2) is 13.6 Å². The molecular formula is C19H26N4O2S. The minimum atomic E-state index is -3.70. The molecule has 4 N–H and O–H groups in total. The molecule has 0 bridgehead atoms. The van der Waals surface area contributed by atoms with E-state index in [0.717, 1.165) is 5.56 Å². The molecular weight excluding hydrogens is 348 g/mol. The second-order valence-electron chi connectivity index (χ2n) is 6.72. The lowest BCUT2D eigenvalue weighted by molar-refractivity contribution is 0.508. The van der Waals surface area contributed by atoms with Gasteiger partial charge in [0.2, 0.25) is 10.0 Å². The molecule has 2 aromatic rings. The van der Waals surface area contributed by atoms with Gasteiger partial charge in [-0.2, -0.15) is 0 Å². The van der Waals surface area contributed by atoms with Crippen LogP contribution in [0.25, 0.3) is 0 Å². The Kier molecular flexibility index (Phi) is 6.39. The Morgan fingerprint density at radius 3 is 2.38 bits per heavy atom. The maximum Gasteiger partial charge on any atom is 0.238 e. The molecule has 0 radical (unpaired) electrons. The summed E-state index contributed by atoms with van der Waals surface area (Å²) < 4.78 is 22.9. The van der Waals surface area contributed by atoms with Crippen LogP contribution in [0.3, 0.4) is 0 Å². The summed E-state index contributed by atoms with van der Waals surface area (Å²) in [6.07, 6.45) is 0. The first kappa shape index (κ1) is 19.9. The molecule has 0 spiro atoms. The molecule has 7 heteroatoms. The van der Waals surface area contributed by atoms with Gasteiger partial charge in [0, 0.05) is 25.6 Å². The molecule has 0 saturated heterocycles. The standard InChI is InChI=1S/C19H26N4O2S/c1-19(2,16-9-5-4-6-10-16)14-23-18(21-3)22-13-15-8-7-11-17(12-15)26(20,24)25/h4-12H,13-14H2,1-3H3,(H2,20,24,25)(H2,21,22,23). The lowest BCUT2D eigenvalue weighted by atomic mass is 9.85. The van der Waals surface area contributed by atoms with Gasteiger partial charge in [0.15, 0.2) is 5.96 Å². The number of sulfonamides is 1. The molecule has 140 valence electrons. The van der Waals surface area contributed by atoms with Gasteiger partial charge in [0.1, 0.15) is 0 Å². The third-order valence-corrected chi connectivity index (χ3v) is 5.07. The fourth-order valence-corrected chi connectivity index (χ4v) is 3.12. The van der Waals surface area contributed by atoms with Crippen LogP contribution in [-0.4, -0.2) is 28.0 Å². The van der Waals surface area contributed by atoms with E-state index < -0.39 is 10.0 Å². The van der Waals surface area contributed by atoms with Crippen molar-refractivity contribution in [2.24, 2.45) is 10.1 Å². The van der Waals surface area contributed by atoms with Crippen LogP contribution in [0, 0.1) is 0 Å². The van der Waals surface area contributed by atoms with Crippen LogP contribution in [0.15, 0.2) is 64.5 Å². The van der Waals surface area contributed by atoms with Gasteiger partial charge in [-0.05, 0) is 23.3 Å². The average Bonchev–Trinajstić information content (AvgIpc) is 2.62. The molecule has 26 heavy (non-hydrogen) atoms. The molecule has 0 aliphatic rings. The van der Waals surface area contributed by atoms with Crippen LogP contribution < -0.4 is 15.8 Å². The van der Waals surface area contributed by atoms with Crippen molar-refractivity contribution in [2.75, 3.05) is 13.6 Å². The van der Waals surface area contributed by atoms with E-state index in [-0.39, 0.29) is 10.3 Å². The second-order valence-corrected chi connectivity index (χ2v) is 8.28. The third-order valence-electron chi connectivity index (χ3n) is 4.16. The molecule has 0 unspecified atom stereocenters. The van der Waals surface area contributed by atoms with Gasteiger partial charge in [-0.3, -0.25) is 4.99 Å². The van der Waals surface area contributed by atoms with Gasteiger partial charge in [-0.15, -0.1) is 0 Å². The fourth-order valence-electron chi connectivity index (χ4n) is 2.53. The first-order chi connectivity index (χ1) is 12.2. The van der Waals surface area contributed by atoms with Crippen molar-refractivity contribution >= 4 is 16.0 Å². The summed E-state index contributed by atoms with van der Waals surface area (Å²) in [6.45, 7) is 5.47. The Balaban J connectivity index is 1.96. The average molecular weight is 375 g/mol. The van der Waals surface area contributed by atoms with Crippen LogP contribution in [0.5, 0.6) is 0 Å². The number of benzene rings is 2. The van der Waals surface area contributed by atoms with Crippen molar-refractivity contribution in [2.45, 2.75) is 30.7 Å². The minimum Gasteiger partial charge on any atom is -0.356 e. The van der Waals surface area contributed by atoms with Gasteiger partial charge in [-0.1, -0.05) is 56.3 Å². The van der Waals surface area contributed by atoms with E-state index in [4.69, 9.17) is 5.14 Å². The molecule has 2 rings (SSSR count). The zero-order chi connectivity index (χ0) is 19.2. The fraction of sp³-hybridized carbons (Fsp3) is 0.316. The zero-order valence-corrected chi connectivity index (χ0v) is 16.2. The van der Waals surface area contributed by atoms with E-state index in [9.17, 15) is 8.42 Å². The summed E-state index contributed by atoms with van der Waals surface area (Å²) in [7, 11) is -2.00. The summed E-state index contributed by atoms with van der Waals surface area (Å²) in [4.78, 5) is 4.32. The Morgan fingerprint density at radius 1 is 1.08 bits per heavy atom. The van der Waals surface area contributed by atoms with Crippen LogP contribution in [0.2, 0.25) is 0 Å². The first-order valence-corrected chi connectivity index (χ1v) is 9.89. The highest BCUT2D eigenvalue weighted by atomic mass is 32.2. The predicted octanol–water partition coefficient (Wildman–Crippen LogP) is 1.98. The van der Waals surface area contributed by atoms with Crippen molar-refractivity contribution in [3.63, 3.8) is 0 Å². The number of aliphatic imine (C=N–C) groups is 1. The van der Waals surface area contributed by atoms with Crippen molar-refractivity contribution < 1.29 is 8.42 Å². The number of hydrogen-bond acceptors (Lipinski definition) is 3. The van der Waals surface area contributed by atoms with E-state index in [2.05, 4.69) is 41.6 Å². The molecule has 0 aliphatic heterocycles. The van der Waals surface area contributed by atoms with E-state index in [1.54, 1.807) is 19.2 Å². The smallest absolute Gasteiger partial charge is 0.238 e. The quantitative estimate of drug-likeness (QED) is 0.532. The van der Waals surface area contributed by atoms with E-state index in [1.807, 2.05) is 24.3 Å². The molecule has 0 amide bonds. The van der Waals surface area contributed by atoms with Gasteiger partial charge in [0.05, 0.1) is 4.90 Å². The molecule has 0 atom stereocenters. The predicted molar refractivity (Wildman–Crippen MR) is 105 cm³/mol. The largest absolute Gasteiger partial charge is 0.356 e. The van der Waals surface area contributed by atoms with Crippen LogP contribution in [0.1, 0.15) is 25.0 Å². The number of nitrogens with one attached hydrogen (secondary N) is 2. The second kappa shape index (κ2) is 8.33. The third kappa shape index (κ3) is 5.57. The molecule has 6 nitrogen and oxygen atoms in total. The molecule has 0 fully saturated rings. The molecule has 0 heterocycles. The van der Waals surface area contributed by atoms with E-state index in [0.29, 0.717) is 19.0 Å². The SMILES string of the molecule is CN=C(NCc1cccc(S(N)(=O)=O)c1)NCC(C)(C)c1ccccc1. The number of guanidine groups is 1. The maximum atomic E-state index is 11.4. The number of hydrogen-bond donors (Lipinski definition) is 3. The van der Waals surface area contributed by atoms with Crippen molar-refractivity contribution in [1.29, 1.82) is 0 Å². The number of primary sulfonamides is 1. The molecule has 2 aromatic carbocycles. The highest BCUT2D eigenvalue weighted by Gasteiger charge is 2.20. The van der Waals surface area contributed by atoms with Crippen molar-refractivity contribution in [3.05, 3.63) is 65.7 Å².